The first kappa shape index (κ1) is 31.2. The Labute approximate surface area is 249 Å². The SMILES string of the molecule is CCNc1cc(C(=O)N[C@@H](Cc2ccccc2)[C@H](O)CNCCc2ccccc2Cl)cc(N2CCCCS2(O)O)c1. The molecule has 0 aromatic heterocycles. The Morgan fingerprint density at radius 1 is 1.05 bits per heavy atom. The van der Waals surface area contributed by atoms with E-state index in [0.29, 0.717) is 54.6 Å². The van der Waals surface area contributed by atoms with Crippen molar-refractivity contribution < 1.29 is 19.0 Å². The molecular formula is C31H41ClN4O4S. The van der Waals surface area contributed by atoms with Gasteiger partial charge in [-0.3, -0.25) is 18.2 Å². The molecule has 0 saturated carbocycles. The van der Waals surface area contributed by atoms with Gasteiger partial charge in [0.05, 0.1) is 23.6 Å². The third kappa shape index (κ3) is 8.85. The molecule has 2 atom stereocenters. The normalized spacial score (nSPS) is 17.0. The number of nitrogens with one attached hydrogen (secondary N) is 3. The fraction of sp³-hybridized carbons (Fsp3) is 0.387. The van der Waals surface area contributed by atoms with Crippen molar-refractivity contribution >= 4 is 39.7 Å². The Kier molecular flexibility index (Phi) is 11.3. The number of halogens is 1. The van der Waals surface area contributed by atoms with Gasteiger partial charge in [0.1, 0.15) is 0 Å². The van der Waals surface area contributed by atoms with Crippen LogP contribution in [0.5, 0.6) is 0 Å². The van der Waals surface area contributed by atoms with E-state index < -0.39 is 22.9 Å². The van der Waals surface area contributed by atoms with Crippen molar-refractivity contribution in [3.05, 3.63) is 94.5 Å². The van der Waals surface area contributed by atoms with Crippen LogP contribution in [0.15, 0.2) is 72.8 Å². The zero-order chi connectivity index (χ0) is 29.2. The van der Waals surface area contributed by atoms with Crippen LogP contribution in [0.1, 0.15) is 41.3 Å². The van der Waals surface area contributed by atoms with Crippen LogP contribution in [0.4, 0.5) is 11.4 Å². The van der Waals surface area contributed by atoms with Crippen molar-refractivity contribution in [2.75, 3.05) is 41.6 Å². The third-order valence-electron chi connectivity index (χ3n) is 7.19. The first-order valence-electron chi connectivity index (χ1n) is 14.2. The molecule has 8 nitrogen and oxygen atoms in total. The summed E-state index contributed by atoms with van der Waals surface area (Å²) < 4.78 is 23.0. The number of nitrogens with zero attached hydrogens (tertiary/aromatic N) is 1. The third-order valence-corrected chi connectivity index (χ3v) is 9.50. The van der Waals surface area contributed by atoms with Gasteiger partial charge in [0.25, 0.3) is 5.91 Å². The highest BCUT2D eigenvalue weighted by atomic mass is 35.5. The van der Waals surface area contributed by atoms with Crippen LogP contribution in [0.25, 0.3) is 0 Å². The van der Waals surface area contributed by atoms with Crippen LogP contribution in [-0.4, -0.2) is 64.2 Å². The minimum Gasteiger partial charge on any atom is -0.390 e. The predicted octanol–water partition coefficient (Wildman–Crippen LogP) is 5.57. The van der Waals surface area contributed by atoms with E-state index in [9.17, 15) is 19.0 Å². The van der Waals surface area contributed by atoms with Crippen LogP contribution in [0.3, 0.4) is 0 Å². The lowest BCUT2D eigenvalue weighted by molar-refractivity contribution is 0.0831. The van der Waals surface area contributed by atoms with Gasteiger partial charge in [-0.05, 0) is 74.5 Å². The molecule has 1 amide bonds. The summed E-state index contributed by atoms with van der Waals surface area (Å²) in [5.41, 5.74) is 3.73. The van der Waals surface area contributed by atoms with E-state index in [0.717, 1.165) is 36.1 Å². The molecular weight excluding hydrogens is 560 g/mol. The standard InChI is InChI=1S/C31H41ClN4O4S/c1-2-34-26-19-25(20-27(21-26)36-16-8-9-17-41(36,39)40)31(38)35-29(18-23-10-4-3-5-11-23)30(37)22-33-15-14-24-12-6-7-13-28(24)32/h3-7,10-13,19-21,29-30,33-34,37,39-40H,2,8-9,14-18,22H2,1H3,(H,35,38)/t29-,30+/m0/s1. The summed E-state index contributed by atoms with van der Waals surface area (Å²) in [6.07, 6.45) is 1.92. The Hall–Kier alpha value is -2.79. The molecule has 6 N–H and O–H groups in total. The molecule has 3 aromatic rings. The second kappa shape index (κ2) is 14.9. The van der Waals surface area contributed by atoms with E-state index >= 15 is 0 Å². The van der Waals surface area contributed by atoms with Crippen LogP contribution in [-0.2, 0) is 12.8 Å². The Bertz CT molecular complexity index is 1280. The first-order valence-corrected chi connectivity index (χ1v) is 16.2. The van der Waals surface area contributed by atoms with Gasteiger partial charge in [0.2, 0.25) is 0 Å². The summed E-state index contributed by atoms with van der Waals surface area (Å²) in [7, 11) is -2.95. The number of rotatable bonds is 13. The van der Waals surface area contributed by atoms with Crippen molar-refractivity contribution in [2.24, 2.45) is 0 Å². The number of carbonyl (C=O) groups is 1. The summed E-state index contributed by atoms with van der Waals surface area (Å²) in [6.45, 7) is 4.04. The molecule has 41 heavy (non-hydrogen) atoms. The topological polar surface area (TPSA) is 117 Å². The van der Waals surface area contributed by atoms with Crippen molar-refractivity contribution in [1.82, 2.24) is 10.6 Å². The van der Waals surface area contributed by atoms with Gasteiger partial charge in [-0.15, -0.1) is 10.8 Å². The molecule has 0 spiro atoms. The zero-order valence-corrected chi connectivity index (χ0v) is 25.0. The maximum absolute atomic E-state index is 13.6. The largest absolute Gasteiger partial charge is 0.390 e. The van der Waals surface area contributed by atoms with Gasteiger partial charge in [-0.1, -0.05) is 60.1 Å². The molecule has 10 heteroatoms. The van der Waals surface area contributed by atoms with Crippen molar-refractivity contribution in [1.29, 1.82) is 0 Å². The van der Waals surface area contributed by atoms with E-state index in [-0.39, 0.29) is 5.91 Å². The van der Waals surface area contributed by atoms with Gasteiger partial charge in [0.15, 0.2) is 0 Å². The van der Waals surface area contributed by atoms with Crippen LogP contribution < -0.4 is 20.3 Å². The van der Waals surface area contributed by atoms with Gasteiger partial charge in [-0.25, -0.2) is 0 Å². The van der Waals surface area contributed by atoms with E-state index in [2.05, 4.69) is 16.0 Å². The number of aliphatic hydroxyl groups excluding tert-OH is 1. The molecule has 1 saturated heterocycles. The molecule has 0 bridgehead atoms. The molecule has 1 aliphatic heterocycles. The molecule has 222 valence electrons. The zero-order valence-electron chi connectivity index (χ0n) is 23.4. The van der Waals surface area contributed by atoms with Gasteiger partial charge >= 0.3 is 0 Å². The molecule has 3 aromatic carbocycles. The molecule has 1 fully saturated rings. The van der Waals surface area contributed by atoms with E-state index in [1.807, 2.05) is 67.6 Å². The van der Waals surface area contributed by atoms with Crippen molar-refractivity contribution in [2.45, 2.75) is 44.8 Å². The van der Waals surface area contributed by atoms with Gasteiger partial charge in [0, 0.05) is 35.9 Å². The van der Waals surface area contributed by atoms with E-state index in [4.69, 9.17) is 11.6 Å². The molecule has 1 aliphatic rings. The molecule has 0 radical (unpaired) electrons. The summed E-state index contributed by atoms with van der Waals surface area (Å²) in [4.78, 5) is 13.6. The lowest BCUT2D eigenvalue weighted by atomic mass is 10.00. The second-order valence-corrected chi connectivity index (χ2v) is 12.8. The Morgan fingerprint density at radius 3 is 2.54 bits per heavy atom. The highest BCUT2D eigenvalue weighted by Gasteiger charge is 2.28. The monoisotopic (exact) mass is 600 g/mol. The fourth-order valence-corrected chi connectivity index (χ4v) is 6.92. The molecule has 0 aliphatic carbocycles. The number of benzene rings is 3. The van der Waals surface area contributed by atoms with Crippen LogP contribution in [0, 0.1) is 0 Å². The minimum absolute atomic E-state index is 0.291. The minimum atomic E-state index is -2.95. The smallest absolute Gasteiger partial charge is 0.251 e. The first-order chi connectivity index (χ1) is 19.8. The van der Waals surface area contributed by atoms with Crippen molar-refractivity contribution in [3.63, 3.8) is 0 Å². The number of hydrogen-bond acceptors (Lipinski definition) is 7. The average molecular weight is 601 g/mol. The highest BCUT2D eigenvalue weighted by molar-refractivity contribution is 8.25. The predicted molar refractivity (Wildman–Crippen MR) is 170 cm³/mol. The Morgan fingerprint density at radius 2 is 1.80 bits per heavy atom. The summed E-state index contributed by atoms with van der Waals surface area (Å²) >= 11 is 6.27. The molecule has 0 unspecified atom stereocenters. The summed E-state index contributed by atoms with van der Waals surface area (Å²) in [5.74, 6) is -0.0232. The fourth-order valence-electron chi connectivity index (χ4n) is 5.02. The average Bonchev–Trinajstić information content (AvgIpc) is 2.96. The highest BCUT2D eigenvalue weighted by Crippen LogP contribution is 2.50. The number of hydrogen-bond donors (Lipinski definition) is 6. The number of amides is 1. The van der Waals surface area contributed by atoms with Crippen LogP contribution >= 0.6 is 22.4 Å². The van der Waals surface area contributed by atoms with E-state index in [1.54, 1.807) is 16.4 Å². The lowest BCUT2D eigenvalue weighted by Gasteiger charge is -2.47. The van der Waals surface area contributed by atoms with Crippen LogP contribution in [0.2, 0.25) is 5.02 Å². The maximum Gasteiger partial charge on any atom is 0.251 e. The van der Waals surface area contributed by atoms with Gasteiger partial charge in [-0.2, -0.15) is 0 Å². The Balaban J connectivity index is 1.49. The summed E-state index contributed by atoms with van der Waals surface area (Å²) in [6, 6.07) is 22.2. The summed E-state index contributed by atoms with van der Waals surface area (Å²) in [5, 5.41) is 21.5. The van der Waals surface area contributed by atoms with Gasteiger partial charge < -0.3 is 21.1 Å². The maximum atomic E-state index is 13.6. The molecule has 1 heterocycles. The second-order valence-electron chi connectivity index (χ2n) is 10.3. The number of carbonyl (C=O) groups excluding carboxylic acids is 1. The number of aliphatic hydroxyl groups is 1. The van der Waals surface area contributed by atoms with E-state index in [1.165, 1.54) is 0 Å². The van der Waals surface area contributed by atoms with Crippen molar-refractivity contribution in [3.8, 4) is 0 Å². The quantitative estimate of drug-likeness (QED) is 0.142. The molecule has 4 rings (SSSR count). The number of anilines is 2. The lowest BCUT2D eigenvalue weighted by Crippen LogP contribution is -2.49.